The lowest BCUT2D eigenvalue weighted by Gasteiger charge is -2.37. The minimum absolute atomic E-state index is 0.180. The van der Waals surface area contributed by atoms with Crippen molar-refractivity contribution >= 4 is 16.6 Å². The fraction of sp³-hybridized carbons (Fsp3) is 0.350. The number of pyridine rings is 1. The molecule has 1 aliphatic rings. The Hall–Kier alpha value is -2.53. The minimum Gasteiger partial charge on any atom is -0.302 e. The van der Waals surface area contributed by atoms with E-state index in [1.54, 1.807) is 4.68 Å². The second kappa shape index (κ2) is 6.41. The molecule has 2 aromatic heterocycles. The summed E-state index contributed by atoms with van der Waals surface area (Å²) in [6, 6.07) is 8.34. The summed E-state index contributed by atoms with van der Waals surface area (Å²) in [5, 5.41) is 6.44. The fourth-order valence-electron chi connectivity index (χ4n) is 3.39. The van der Waals surface area contributed by atoms with Gasteiger partial charge < -0.3 is 4.90 Å². The Labute approximate surface area is 147 Å². The molecule has 1 saturated heterocycles. The summed E-state index contributed by atoms with van der Waals surface area (Å²) in [6.45, 7) is 4.95. The van der Waals surface area contributed by atoms with Crippen LogP contribution >= 0.6 is 0 Å². The summed E-state index contributed by atoms with van der Waals surface area (Å²) in [7, 11) is 1.91. The molecule has 25 heavy (non-hydrogen) atoms. The van der Waals surface area contributed by atoms with Gasteiger partial charge in [-0.15, -0.1) is 0 Å². The molecule has 1 fully saturated rings. The molecular weight excluding hydrogens is 312 g/mol. The number of benzene rings is 1. The van der Waals surface area contributed by atoms with E-state index in [9.17, 15) is 4.79 Å². The summed E-state index contributed by atoms with van der Waals surface area (Å²) >= 11 is 0. The van der Waals surface area contributed by atoms with Crippen LogP contribution in [0.2, 0.25) is 0 Å². The van der Waals surface area contributed by atoms with Crippen LogP contribution < -0.4 is 0 Å². The highest BCUT2D eigenvalue weighted by atomic mass is 16.1. The van der Waals surface area contributed by atoms with Gasteiger partial charge in [0.2, 0.25) is 0 Å². The number of likely N-dealkylation sites (tertiary alicyclic amines) is 1. The third kappa shape index (κ3) is 3.20. The summed E-state index contributed by atoms with van der Waals surface area (Å²) in [4.78, 5) is 19.2. The van der Waals surface area contributed by atoms with Gasteiger partial charge in [0.15, 0.2) is 0 Å². The molecule has 0 aliphatic carbocycles. The van der Waals surface area contributed by atoms with Crippen LogP contribution in [-0.2, 0) is 18.3 Å². The molecule has 5 heteroatoms. The first-order chi connectivity index (χ1) is 12.1. The first kappa shape index (κ1) is 16.0. The molecule has 4 rings (SSSR count). The number of carbonyl (C=O) groups excluding carboxylic acids is 1. The largest absolute Gasteiger partial charge is 0.302 e. The Bertz CT molecular complexity index is 924. The summed E-state index contributed by atoms with van der Waals surface area (Å²) < 4.78 is 1.80. The standard InChI is InChI=1S/C20H22N4O/c1-3-24-12-18(13-24)20(25)8-19-7-16-6-14(4-5-15(16)9-21-19)17-10-22-23(2)11-17/h4-7,9-11,18H,3,8,12-13H2,1-2H3. The van der Waals surface area contributed by atoms with Gasteiger partial charge in [0.05, 0.1) is 6.20 Å². The highest BCUT2D eigenvalue weighted by molar-refractivity contribution is 5.89. The van der Waals surface area contributed by atoms with Crippen LogP contribution in [0.15, 0.2) is 42.9 Å². The molecule has 0 spiro atoms. The van der Waals surface area contributed by atoms with Crippen molar-refractivity contribution in [3.63, 3.8) is 0 Å². The van der Waals surface area contributed by atoms with E-state index in [4.69, 9.17) is 0 Å². The molecule has 0 saturated carbocycles. The van der Waals surface area contributed by atoms with E-state index in [-0.39, 0.29) is 5.92 Å². The maximum atomic E-state index is 12.4. The molecule has 128 valence electrons. The van der Waals surface area contributed by atoms with Gasteiger partial charge in [0.1, 0.15) is 5.78 Å². The number of ketones is 1. The highest BCUT2D eigenvalue weighted by Crippen LogP contribution is 2.25. The Morgan fingerprint density at radius 1 is 1.16 bits per heavy atom. The number of aromatic nitrogens is 3. The number of aryl methyl sites for hydroxylation is 1. The zero-order valence-corrected chi connectivity index (χ0v) is 14.6. The average molecular weight is 334 g/mol. The van der Waals surface area contributed by atoms with Crippen LogP contribution in [0.5, 0.6) is 0 Å². The van der Waals surface area contributed by atoms with E-state index in [1.807, 2.05) is 31.7 Å². The van der Waals surface area contributed by atoms with E-state index in [0.717, 1.165) is 47.2 Å². The molecule has 1 aliphatic heterocycles. The van der Waals surface area contributed by atoms with Crippen molar-refractivity contribution in [3.05, 3.63) is 48.5 Å². The van der Waals surface area contributed by atoms with E-state index >= 15 is 0 Å². The van der Waals surface area contributed by atoms with Gasteiger partial charge in [-0.3, -0.25) is 14.5 Å². The van der Waals surface area contributed by atoms with Crippen LogP contribution in [0.4, 0.5) is 0 Å². The van der Waals surface area contributed by atoms with Gasteiger partial charge in [-0.05, 0) is 29.6 Å². The van der Waals surface area contributed by atoms with Crippen molar-refractivity contribution < 1.29 is 4.79 Å². The van der Waals surface area contributed by atoms with E-state index < -0.39 is 0 Å². The Balaban J connectivity index is 1.55. The number of fused-ring (bicyclic) bond motifs is 1. The first-order valence-electron chi connectivity index (χ1n) is 8.75. The molecule has 1 aromatic carbocycles. The van der Waals surface area contributed by atoms with Crippen LogP contribution in [0, 0.1) is 5.92 Å². The zero-order chi connectivity index (χ0) is 17.4. The maximum Gasteiger partial charge on any atom is 0.144 e. The highest BCUT2D eigenvalue weighted by Gasteiger charge is 2.31. The smallest absolute Gasteiger partial charge is 0.144 e. The van der Waals surface area contributed by atoms with Gasteiger partial charge in [-0.25, -0.2) is 0 Å². The lowest BCUT2D eigenvalue weighted by atomic mass is 9.92. The monoisotopic (exact) mass is 334 g/mol. The van der Waals surface area contributed by atoms with E-state index in [2.05, 4.69) is 40.1 Å². The number of Topliss-reactive ketones (excluding diaryl/α,β-unsaturated/α-hetero) is 1. The quantitative estimate of drug-likeness (QED) is 0.720. The van der Waals surface area contributed by atoms with Crippen LogP contribution in [-0.4, -0.2) is 45.1 Å². The van der Waals surface area contributed by atoms with Crippen molar-refractivity contribution in [1.82, 2.24) is 19.7 Å². The van der Waals surface area contributed by atoms with Crippen LogP contribution in [0.25, 0.3) is 21.9 Å². The topological polar surface area (TPSA) is 51.0 Å². The molecule has 3 aromatic rings. The van der Waals surface area contributed by atoms with Crippen LogP contribution in [0.3, 0.4) is 0 Å². The lowest BCUT2D eigenvalue weighted by Crippen LogP contribution is -2.50. The van der Waals surface area contributed by atoms with Crippen molar-refractivity contribution in [1.29, 1.82) is 0 Å². The Kier molecular flexibility index (Phi) is 4.09. The molecule has 0 amide bonds. The Morgan fingerprint density at radius 2 is 2.00 bits per heavy atom. The SMILES string of the molecule is CCN1CC(C(=O)Cc2cc3cc(-c4cnn(C)c4)ccc3cn2)C1. The number of rotatable bonds is 5. The molecule has 5 nitrogen and oxygen atoms in total. The molecule has 0 unspecified atom stereocenters. The van der Waals surface area contributed by atoms with Gasteiger partial charge in [-0.2, -0.15) is 5.10 Å². The zero-order valence-electron chi connectivity index (χ0n) is 14.6. The predicted molar refractivity (Wildman–Crippen MR) is 98.3 cm³/mol. The van der Waals surface area contributed by atoms with Gasteiger partial charge in [0, 0.05) is 61.5 Å². The molecule has 3 heterocycles. The average Bonchev–Trinajstić information content (AvgIpc) is 3.00. The van der Waals surface area contributed by atoms with Crippen molar-refractivity contribution in [2.45, 2.75) is 13.3 Å². The second-order valence-electron chi connectivity index (χ2n) is 6.83. The number of nitrogens with zero attached hydrogens (tertiary/aromatic N) is 4. The molecule has 0 radical (unpaired) electrons. The molecular formula is C20H22N4O. The normalized spacial score (nSPS) is 15.4. The first-order valence-corrected chi connectivity index (χ1v) is 8.75. The van der Waals surface area contributed by atoms with Crippen LogP contribution in [0.1, 0.15) is 12.6 Å². The van der Waals surface area contributed by atoms with Gasteiger partial charge in [-0.1, -0.05) is 19.1 Å². The molecule has 0 atom stereocenters. The number of hydrogen-bond donors (Lipinski definition) is 0. The lowest BCUT2D eigenvalue weighted by molar-refractivity contribution is -0.127. The van der Waals surface area contributed by atoms with E-state index in [0.29, 0.717) is 12.2 Å². The van der Waals surface area contributed by atoms with Gasteiger partial charge >= 0.3 is 0 Å². The third-order valence-electron chi connectivity index (χ3n) is 5.03. The van der Waals surface area contributed by atoms with Crippen molar-refractivity contribution in [3.8, 4) is 11.1 Å². The summed E-state index contributed by atoms with van der Waals surface area (Å²) in [6.07, 6.45) is 6.16. The maximum absolute atomic E-state index is 12.4. The third-order valence-corrected chi connectivity index (χ3v) is 5.03. The molecule has 0 N–H and O–H groups in total. The van der Waals surface area contributed by atoms with Crippen molar-refractivity contribution in [2.75, 3.05) is 19.6 Å². The number of carbonyl (C=O) groups is 1. The summed E-state index contributed by atoms with van der Waals surface area (Å²) in [5.74, 6) is 0.485. The number of hydrogen-bond acceptors (Lipinski definition) is 4. The Morgan fingerprint density at radius 3 is 2.72 bits per heavy atom. The predicted octanol–water partition coefficient (Wildman–Crippen LogP) is 2.70. The van der Waals surface area contributed by atoms with Gasteiger partial charge in [0.25, 0.3) is 0 Å². The molecule has 0 bridgehead atoms. The minimum atomic E-state index is 0.180. The fourth-order valence-corrected chi connectivity index (χ4v) is 3.39. The summed E-state index contributed by atoms with van der Waals surface area (Å²) in [5.41, 5.74) is 3.07. The van der Waals surface area contributed by atoms with E-state index in [1.165, 1.54) is 0 Å². The second-order valence-corrected chi connectivity index (χ2v) is 6.83. The van der Waals surface area contributed by atoms with Crippen molar-refractivity contribution in [2.24, 2.45) is 13.0 Å².